The fraction of sp³-hybridized carbons (Fsp3) is 0.278. The maximum absolute atomic E-state index is 13.3. The zero-order valence-electron chi connectivity index (χ0n) is 15.5. The average Bonchev–Trinajstić information content (AvgIpc) is 2.65. The number of hydrogen-bond donors (Lipinski definition) is 0. The summed E-state index contributed by atoms with van der Waals surface area (Å²) in [6, 6.07) is 10.5. The van der Waals surface area contributed by atoms with Gasteiger partial charge < -0.3 is 14.4 Å². The molecule has 27 heavy (non-hydrogen) atoms. The topological polar surface area (TPSA) is 76.2 Å². The van der Waals surface area contributed by atoms with Crippen LogP contribution in [0.3, 0.4) is 0 Å². The number of methoxy groups -OCH3 is 2. The van der Waals surface area contributed by atoms with Gasteiger partial charge in [-0.05, 0) is 36.4 Å². The number of sulfonamides is 1. The van der Waals surface area contributed by atoms with Crippen molar-refractivity contribution >= 4 is 33.2 Å². The van der Waals surface area contributed by atoms with Crippen LogP contribution in [0.4, 0.5) is 5.69 Å². The van der Waals surface area contributed by atoms with Crippen LogP contribution in [0, 0.1) is 0 Å². The molecule has 2 aromatic carbocycles. The minimum atomic E-state index is -4.05. The molecule has 0 aromatic heterocycles. The summed E-state index contributed by atoms with van der Waals surface area (Å²) in [5.74, 6) is 0.307. The van der Waals surface area contributed by atoms with Gasteiger partial charge in [0.1, 0.15) is 6.54 Å². The van der Waals surface area contributed by atoms with Gasteiger partial charge in [0, 0.05) is 25.2 Å². The zero-order chi connectivity index (χ0) is 20.2. The second kappa shape index (κ2) is 8.49. The first kappa shape index (κ1) is 20.9. The fourth-order valence-electron chi connectivity index (χ4n) is 2.29. The smallest absolute Gasteiger partial charge is 0.264 e. The van der Waals surface area contributed by atoms with Crippen molar-refractivity contribution < 1.29 is 22.7 Å². The Kier molecular flexibility index (Phi) is 6.56. The van der Waals surface area contributed by atoms with Gasteiger partial charge in [-0.1, -0.05) is 11.6 Å². The monoisotopic (exact) mass is 412 g/mol. The molecule has 0 N–H and O–H groups in total. The molecule has 146 valence electrons. The summed E-state index contributed by atoms with van der Waals surface area (Å²) in [5, 5.41) is 0.459. The van der Waals surface area contributed by atoms with Crippen molar-refractivity contribution in [2.75, 3.05) is 39.2 Å². The van der Waals surface area contributed by atoms with Crippen LogP contribution in [0.25, 0.3) is 0 Å². The number of ether oxygens (including phenoxy) is 2. The number of carbonyl (C=O) groups excluding carboxylic acids is 1. The largest absolute Gasteiger partial charge is 0.493 e. The molecular weight excluding hydrogens is 392 g/mol. The summed E-state index contributed by atoms with van der Waals surface area (Å²) >= 11 is 5.90. The average molecular weight is 413 g/mol. The first-order chi connectivity index (χ1) is 12.7. The summed E-state index contributed by atoms with van der Waals surface area (Å²) in [4.78, 5) is 13.5. The Hall–Kier alpha value is -2.45. The van der Waals surface area contributed by atoms with E-state index in [-0.39, 0.29) is 23.1 Å². The molecule has 0 unspecified atom stereocenters. The van der Waals surface area contributed by atoms with Gasteiger partial charge in [-0.25, -0.2) is 8.42 Å². The number of rotatable bonds is 7. The Morgan fingerprint density at radius 2 is 1.59 bits per heavy atom. The van der Waals surface area contributed by atoms with Crippen molar-refractivity contribution in [3.8, 4) is 11.5 Å². The standard InChI is InChI=1S/C18H21ClN2O5S/c1-20(2)18(22)12-21(14-7-5-13(19)6-8-14)27(23,24)15-9-10-16(25-3)17(11-15)26-4/h5-11H,12H2,1-4H3. The Bertz CT molecular complexity index is 914. The van der Waals surface area contributed by atoms with Gasteiger partial charge in [0.2, 0.25) is 5.91 Å². The third-order valence-electron chi connectivity index (χ3n) is 3.84. The maximum Gasteiger partial charge on any atom is 0.264 e. The molecule has 0 aliphatic rings. The minimum Gasteiger partial charge on any atom is -0.493 e. The highest BCUT2D eigenvalue weighted by molar-refractivity contribution is 7.92. The Morgan fingerprint density at radius 1 is 1.00 bits per heavy atom. The highest BCUT2D eigenvalue weighted by Crippen LogP contribution is 2.32. The number of benzene rings is 2. The van der Waals surface area contributed by atoms with Crippen molar-refractivity contribution in [1.82, 2.24) is 4.90 Å². The highest BCUT2D eigenvalue weighted by Gasteiger charge is 2.28. The van der Waals surface area contributed by atoms with E-state index in [9.17, 15) is 13.2 Å². The van der Waals surface area contributed by atoms with Crippen molar-refractivity contribution in [1.29, 1.82) is 0 Å². The molecule has 0 bridgehead atoms. The molecule has 0 aliphatic carbocycles. The predicted octanol–water partition coefficient (Wildman–Crippen LogP) is 2.64. The van der Waals surface area contributed by atoms with E-state index in [1.54, 1.807) is 38.4 Å². The lowest BCUT2D eigenvalue weighted by molar-refractivity contribution is -0.127. The van der Waals surface area contributed by atoms with Crippen LogP contribution >= 0.6 is 11.6 Å². The summed E-state index contributed by atoms with van der Waals surface area (Å²) in [6.07, 6.45) is 0. The molecule has 0 aliphatic heterocycles. The van der Waals surface area contributed by atoms with Gasteiger partial charge in [-0.15, -0.1) is 0 Å². The van der Waals surface area contributed by atoms with Gasteiger partial charge >= 0.3 is 0 Å². The van der Waals surface area contributed by atoms with Gasteiger partial charge in [-0.3, -0.25) is 9.10 Å². The molecule has 0 radical (unpaired) electrons. The van der Waals surface area contributed by atoms with Crippen LogP contribution < -0.4 is 13.8 Å². The number of hydrogen-bond acceptors (Lipinski definition) is 5. The maximum atomic E-state index is 13.3. The summed E-state index contributed by atoms with van der Waals surface area (Å²) in [6.45, 7) is -0.356. The first-order valence-corrected chi connectivity index (χ1v) is 9.73. The van der Waals surface area contributed by atoms with Crippen LogP contribution in [-0.4, -0.2) is 54.1 Å². The van der Waals surface area contributed by atoms with Gasteiger partial charge in [0.05, 0.1) is 24.8 Å². The number of nitrogens with zero attached hydrogens (tertiary/aromatic N) is 2. The quantitative estimate of drug-likeness (QED) is 0.698. The number of amides is 1. The predicted molar refractivity (Wildman–Crippen MR) is 104 cm³/mol. The van der Waals surface area contributed by atoms with Crippen molar-refractivity contribution in [2.45, 2.75) is 4.90 Å². The molecule has 9 heteroatoms. The second-order valence-electron chi connectivity index (χ2n) is 5.79. The Balaban J connectivity index is 2.55. The van der Waals surface area contributed by atoms with E-state index in [0.29, 0.717) is 16.5 Å². The molecule has 1 amide bonds. The van der Waals surface area contributed by atoms with Gasteiger partial charge in [0.25, 0.3) is 10.0 Å². The van der Waals surface area contributed by atoms with Crippen LogP contribution in [0.15, 0.2) is 47.4 Å². The van der Waals surface area contributed by atoms with Crippen LogP contribution in [0.2, 0.25) is 5.02 Å². The number of anilines is 1. The van der Waals surface area contributed by atoms with E-state index >= 15 is 0 Å². The van der Waals surface area contributed by atoms with Crippen molar-refractivity contribution in [3.63, 3.8) is 0 Å². The first-order valence-electron chi connectivity index (χ1n) is 7.91. The molecule has 2 aromatic rings. The SMILES string of the molecule is COc1ccc(S(=O)(=O)N(CC(=O)N(C)C)c2ccc(Cl)cc2)cc1OC. The molecular formula is C18H21ClN2O5S. The fourth-order valence-corrected chi connectivity index (χ4v) is 3.85. The Morgan fingerprint density at radius 3 is 2.11 bits per heavy atom. The minimum absolute atomic E-state index is 0.0262. The number of likely N-dealkylation sites (N-methyl/N-ethyl adjacent to an activating group) is 1. The molecule has 0 heterocycles. The van der Waals surface area contributed by atoms with E-state index < -0.39 is 10.0 Å². The van der Waals surface area contributed by atoms with E-state index in [0.717, 1.165) is 4.31 Å². The summed E-state index contributed by atoms with van der Waals surface area (Å²) in [5.41, 5.74) is 0.324. The summed E-state index contributed by atoms with van der Waals surface area (Å²) in [7, 11) is 1.95. The van der Waals surface area contributed by atoms with E-state index in [2.05, 4.69) is 0 Å². The molecule has 0 atom stereocenters. The van der Waals surface area contributed by atoms with E-state index in [1.807, 2.05) is 0 Å². The number of halogens is 1. The third-order valence-corrected chi connectivity index (χ3v) is 5.86. The molecule has 0 saturated heterocycles. The Labute approximate surface area is 164 Å². The lowest BCUT2D eigenvalue weighted by Crippen LogP contribution is -2.40. The molecule has 7 nitrogen and oxygen atoms in total. The van der Waals surface area contributed by atoms with Gasteiger partial charge in [-0.2, -0.15) is 0 Å². The third kappa shape index (κ3) is 4.64. The number of carbonyl (C=O) groups is 1. The van der Waals surface area contributed by atoms with Crippen LogP contribution in [0.1, 0.15) is 0 Å². The van der Waals surface area contributed by atoms with Crippen molar-refractivity contribution in [2.24, 2.45) is 0 Å². The zero-order valence-corrected chi connectivity index (χ0v) is 17.0. The second-order valence-corrected chi connectivity index (χ2v) is 8.09. The molecule has 0 saturated carbocycles. The van der Waals surface area contributed by atoms with Gasteiger partial charge in [0.15, 0.2) is 11.5 Å². The van der Waals surface area contributed by atoms with Crippen LogP contribution in [-0.2, 0) is 14.8 Å². The van der Waals surface area contributed by atoms with Crippen LogP contribution in [0.5, 0.6) is 11.5 Å². The van der Waals surface area contributed by atoms with E-state index in [4.69, 9.17) is 21.1 Å². The summed E-state index contributed by atoms with van der Waals surface area (Å²) < 4.78 is 37.9. The normalized spacial score (nSPS) is 11.0. The highest BCUT2D eigenvalue weighted by atomic mass is 35.5. The lowest BCUT2D eigenvalue weighted by Gasteiger charge is -2.25. The molecule has 2 rings (SSSR count). The lowest BCUT2D eigenvalue weighted by atomic mass is 10.3. The van der Waals surface area contributed by atoms with Crippen molar-refractivity contribution in [3.05, 3.63) is 47.5 Å². The molecule has 0 fully saturated rings. The van der Waals surface area contributed by atoms with E-state index in [1.165, 1.54) is 37.3 Å². The molecule has 0 spiro atoms.